The van der Waals surface area contributed by atoms with Crippen LogP contribution in [0.5, 0.6) is 0 Å². The van der Waals surface area contributed by atoms with Gasteiger partial charge >= 0.3 is 0 Å². The number of hydrogen-bond acceptors (Lipinski definition) is 1. The molecule has 1 aliphatic rings. The van der Waals surface area contributed by atoms with E-state index in [-0.39, 0.29) is 6.10 Å². The zero-order chi connectivity index (χ0) is 13.0. The fraction of sp³-hybridized carbons (Fsp3) is 0.571. The van der Waals surface area contributed by atoms with Crippen molar-refractivity contribution in [3.8, 4) is 0 Å². The van der Waals surface area contributed by atoms with E-state index in [9.17, 15) is 8.78 Å². The molecule has 18 heavy (non-hydrogen) atoms. The average molecular weight is 275 g/mol. The van der Waals surface area contributed by atoms with Crippen LogP contribution in [0, 0.1) is 11.6 Å². The van der Waals surface area contributed by atoms with Crippen molar-refractivity contribution in [3.63, 3.8) is 0 Å². The molecule has 0 aliphatic carbocycles. The van der Waals surface area contributed by atoms with Gasteiger partial charge in [-0.05, 0) is 38.2 Å². The first-order valence-corrected chi connectivity index (χ1v) is 6.81. The fourth-order valence-corrected chi connectivity index (χ4v) is 2.58. The van der Waals surface area contributed by atoms with Gasteiger partial charge < -0.3 is 4.74 Å². The second-order valence-corrected chi connectivity index (χ2v) is 5.23. The highest BCUT2D eigenvalue weighted by Crippen LogP contribution is 2.30. The molecular weight excluding hydrogens is 258 g/mol. The van der Waals surface area contributed by atoms with E-state index < -0.39 is 17.0 Å². The molecule has 1 fully saturated rings. The second-order valence-electron chi connectivity index (χ2n) is 4.70. The molecule has 0 saturated carbocycles. The summed E-state index contributed by atoms with van der Waals surface area (Å²) < 4.78 is 31.9. The monoisotopic (exact) mass is 274 g/mol. The Labute approximate surface area is 111 Å². The van der Waals surface area contributed by atoms with E-state index >= 15 is 0 Å². The Kier molecular flexibility index (Phi) is 4.95. The van der Waals surface area contributed by atoms with E-state index in [1.54, 1.807) is 0 Å². The van der Waals surface area contributed by atoms with Crippen molar-refractivity contribution in [1.82, 2.24) is 0 Å². The maximum absolute atomic E-state index is 13.5. The van der Waals surface area contributed by atoms with Gasteiger partial charge in [0.2, 0.25) is 0 Å². The van der Waals surface area contributed by atoms with Crippen molar-refractivity contribution in [2.24, 2.45) is 0 Å². The van der Waals surface area contributed by atoms with Gasteiger partial charge in [0.25, 0.3) is 0 Å². The lowest BCUT2D eigenvalue weighted by Gasteiger charge is -2.23. The third kappa shape index (κ3) is 3.66. The first-order valence-electron chi connectivity index (χ1n) is 6.37. The van der Waals surface area contributed by atoms with Gasteiger partial charge in [0.05, 0.1) is 11.5 Å². The summed E-state index contributed by atoms with van der Waals surface area (Å²) in [5.74, 6) is -1.14. The van der Waals surface area contributed by atoms with E-state index in [1.165, 1.54) is 18.6 Å². The summed E-state index contributed by atoms with van der Waals surface area (Å²) in [4.78, 5) is 0. The minimum Gasteiger partial charge on any atom is -0.378 e. The number of benzene rings is 1. The van der Waals surface area contributed by atoms with Crippen LogP contribution in [0.4, 0.5) is 8.78 Å². The molecule has 100 valence electrons. The smallest absolute Gasteiger partial charge is 0.130 e. The molecule has 2 unspecified atom stereocenters. The van der Waals surface area contributed by atoms with Crippen LogP contribution in [0.2, 0.25) is 0 Å². The molecule has 2 rings (SSSR count). The number of alkyl halides is 1. The topological polar surface area (TPSA) is 9.23 Å². The summed E-state index contributed by atoms with van der Waals surface area (Å²) in [6.07, 6.45) is 5.06. The van der Waals surface area contributed by atoms with Gasteiger partial charge in [-0.1, -0.05) is 6.07 Å². The molecule has 0 spiro atoms. The van der Waals surface area contributed by atoms with Gasteiger partial charge in [0.15, 0.2) is 0 Å². The first-order chi connectivity index (χ1) is 8.66. The Morgan fingerprint density at radius 2 is 2.17 bits per heavy atom. The zero-order valence-corrected chi connectivity index (χ0v) is 10.9. The standard InChI is InChI=1S/C14H17ClF2O/c15-13(7-5-11-3-1-2-8-18-11)12-6-4-10(16)9-14(12)17/h4,6,9,11,13H,1-3,5,7-8H2. The Bertz CT molecular complexity index is 391. The Balaban J connectivity index is 1.88. The summed E-state index contributed by atoms with van der Waals surface area (Å²) >= 11 is 6.17. The summed E-state index contributed by atoms with van der Waals surface area (Å²) in [7, 11) is 0. The molecule has 4 heteroatoms. The molecule has 1 nitrogen and oxygen atoms in total. The Morgan fingerprint density at radius 1 is 1.33 bits per heavy atom. The maximum Gasteiger partial charge on any atom is 0.130 e. The molecular formula is C14H17ClF2O. The van der Waals surface area contributed by atoms with Crippen molar-refractivity contribution < 1.29 is 13.5 Å². The van der Waals surface area contributed by atoms with Gasteiger partial charge in [0.1, 0.15) is 11.6 Å². The van der Waals surface area contributed by atoms with Crippen LogP contribution in [0.1, 0.15) is 43.0 Å². The summed E-state index contributed by atoms with van der Waals surface area (Å²) in [5.41, 5.74) is 0.369. The molecule has 1 saturated heterocycles. The van der Waals surface area contributed by atoms with Crippen LogP contribution < -0.4 is 0 Å². The summed E-state index contributed by atoms with van der Waals surface area (Å²) in [6, 6.07) is 3.54. The zero-order valence-electron chi connectivity index (χ0n) is 10.2. The largest absolute Gasteiger partial charge is 0.378 e. The van der Waals surface area contributed by atoms with E-state index in [4.69, 9.17) is 16.3 Å². The Morgan fingerprint density at radius 3 is 2.83 bits per heavy atom. The second kappa shape index (κ2) is 6.48. The highest BCUT2D eigenvalue weighted by molar-refractivity contribution is 6.20. The van der Waals surface area contributed by atoms with Crippen LogP contribution in [-0.2, 0) is 4.74 Å². The summed E-state index contributed by atoms with van der Waals surface area (Å²) in [5, 5.41) is -0.420. The van der Waals surface area contributed by atoms with E-state index in [2.05, 4.69) is 0 Å². The number of ether oxygens (including phenoxy) is 1. The van der Waals surface area contributed by atoms with Crippen LogP contribution in [-0.4, -0.2) is 12.7 Å². The molecule has 0 radical (unpaired) electrons. The predicted molar refractivity (Wildman–Crippen MR) is 67.8 cm³/mol. The normalized spacial score (nSPS) is 21.8. The summed E-state index contributed by atoms with van der Waals surface area (Å²) in [6.45, 7) is 0.808. The van der Waals surface area contributed by atoms with Gasteiger partial charge in [-0.2, -0.15) is 0 Å². The molecule has 1 heterocycles. The van der Waals surface area contributed by atoms with E-state index in [1.807, 2.05) is 0 Å². The average Bonchev–Trinajstić information content (AvgIpc) is 2.37. The van der Waals surface area contributed by atoms with Crippen molar-refractivity contribution in [1.29, 1.82) is 0 Å². The van der Waals surface area contributed by atoms with Gasteiger partial charge in [0, 0.05) is 18.2 Å². The molecule has 0 N–H and O–H groups in total. The van der Waals surface area contributed by atoms with Crippen molar-refractivity contribution in [2.45, 2.75) is 43.6 Å². The quantitative estimate of drug-likeness (QED) is 0.730. The molecule has 1 aliphatic heterocycles. The SMILES string of the molecule is Fc1ccc(C(Cl)CCC2CCCCO2)c(F)c1. The van der Waals surface area contributed by atoms with Gasteiger partial charge in [-0.15, -0.1) is 11.6 Å². The number of rotatable bonds is 4. The molecule has 0 amide bonds. The lowest BCUT2D eigenvalue weighted by molar-refractivity contribution is 0.00997. The maximum atomic E-state index is 13.5. The fourth-order valence-electron chi connectivity index (χ4n) is 2.28. The number of hydrogen-bond donors (Lipinski definition) is 0. The molecule has 1 aromatic carbocycles. The van der Waals surface area contributed by atoms with Crippen molar-refractivity contribution in [3.05, 3.63) is 35.4 Å². The lowest BCUT2D eigenvalue weighted by atomic mass is 10.0. The minimum atomic E-state index is -0.573. The van der Waals surface area contributed by atoms with Crippen LogP contribution in [0.25, 0.3) is 0 Å². The highest BCUT2D eigenvalue weighted by atomic mass is 35.5. The molecule has 0 bridgehead atoms. The Hall–Kier alpha value is -0.670. The van der Waals surface area contributed by atoms with E-state index in [0.717, 1.165) is 31.9 Å². The minimum absolute atomic E-state index is 0.239. The van der Waals surface area contributed by atoms with Gasteiger partial charge in [-0.3, -0.25) is 0 Å². The predicted octanol–water partition coefficient (Wildman–Crippen LogP) is 4.59. The molecule has 2 atom stereocenters. The molecule has 0 aromatic heterocycles. The molecule has 1 aromatic rings. The third-order valence-corrected chi connectivity index (χ3v) is 3.77. The third-order valence-electron chi connectivity index (χ3n) is 3.32. The lowest BCUT2D eigenvalue weighted by Crippen LogP contribution is -2.19. The highest BCUT2D eigenvalue weighted by Gasteiger charge is 2.18. The van der Waals surface area contributed by atoms with Crippen LogP contribution >= 0.6 is 11.6 Å². The van der Waals surface area contributed by atoms with E-state index in [0.29, 0.717) is 12.0 Å². The van der Waals surface area contributed by atoms with Crippen LogP contribution in [0.3, 0.4) is 0 Å². The van der Waals surface area contributed by atoms with Gasteiger partial charge in [-0.25, -0.2) is 8.78 Å². The van der Waals surface area contributed by atoms with Crippen molar-refractivity contribution >= 4 is 11.6 Å². The van der Waals surface area contributed by atoms with Crippen molar-refractivity contribution in [2.75, 3.05) is 6.61 Å². The number of halogens is 3. The first kappa shape index (κ1) is 13.8. The van der Waals surface area contributed by atoms with Crippen LogP contribution in [0.15, 0.2) is 18.2 Å².